The predicted molar refractivity (Wildman–Crippen MR) is 118 cm³/mol. The van der Waals surface area contributed by atoms with E-state index in [1.807, 2.05) is 11.0 Å². The highest BCUT2D eigenvalue weighted by molar-refractivity contribution is 5.82. The number of ether oxygens (including phenoxy) is 2. The van der Waals surface area contributed by atoms with E-state index < -0.39 is 0 Å². The summed E-state index contributed by atoms with van der Waals surface area (Å²) >= 11 is 0. The second kappa shape index (κ2) is 9.70. The second-order valence-corrected chi connectivity index (χ2v) is 8.33. The molecule has 8 nitrogen and oxygen atoms in total. The number of rotatable bonds is 6. The third kappa shape index (κ3) is 4.70. The van der Waals surface area contributed by atoms with Gasteiger partial charge in [0.05, 0.1) is 38.8 Å². The van der Waals surface area contributed by atoms with Gasteiger partial charge in [0.25, 0.3) is 0 Å². The van der Waals surface area contributed by atoms with Crippen LogP contribution >= 0.6 is 0 Å². The summed E-state index contributed by atoms with van der Waals surface area (Å²) in [5, 5.41) is 2.98. The van der Waals surface area contributed by atoms with Gasteiger partial charge in [0.1, 0.15) is 5.75 Å². The first-order chi connectivity index (χ1) is 15.1. The van der Waals surface area contributed by atoms with E-state index in [0.717, 1.165) is 30.1 Å². The lowest BCUT2D eigenvalue weighted by atomic mass is 9.83. The van der Waals surface area contributed by atoms with Crippen LogP contribution in [0.25, 0.3) is 0 Å². The lowest BCUT2D eigenvalue weighted by Gasteiger charge is -2.49. The summed E-state index contributed by atoms with van der Waals surface area (Å²) in [7, 11) is 1.67. The Kier molecular flexibility index (Phi) is 6.77. The van der Waals surface area contributed by atoms with E-state index in [2.05, 4.69) is 33.8 Å². The fraction of sp³-hybridized carbons (Fsp3) is 0.565. The van der Waals surface area contributed by atoms with Gasteiger partial charge in [-0.15, -0.1) is 6.58 Å². The van der Waals surface area contributed by atoms with Crippen molar-refractivity contribution in [2.45, 2.75) is 12.5 Å². The number of hydrogen-bond donors (Lipinski definition) is 1. The van der Waals surface area contributed by atoms with Crippen molar-refractivity contribution in [3.8, 4) is 5.75 Å². The molecule has 0 spiro atoms. The average Bonchev–Trinajstić information content (AvgIpc) is 2.82. The standard InChI is InChI=1S/C23H32N4O4/c1-3-6-24-23(29)19-13-17-4-5-18(30-2)14-20(17)27-8-7-25(15-21(19)27)16-22(28)26-9-11-31-12-10-26/h3-5,14,19,21H,1,6-13,15-16H2,2H3,(H,24,29). The molecule has 0 saturated carbocycles. The summed E-state index contributed by atoms with van der Waals surface area (Å²) in [5.41, 5.74) is 2.30. The normalized spacial score (nSPS) is 23.5. The molecule has 0 radical (unpaired) electrons. The molecule has 4 rings (SSSR count). The molecule has 31 heavy (non-hydrogen) atoms. The SMILES string of the molecule is C=CCNC(=O)C1Cc2ccc(OC)cc2N2CCN(CC(=O)N3CCOCC3)CC12. The molecule has 3 aliphatic heterocycles. The molecule has 2 atom stereocenters. The number of piperazine rings is 1. The van der Waals surface area contributed by atoms with Gasteiger partial charge < -0.3 is 24.6 Å². The van der Waals surface area contributed by atoms with E-state index in [4.69, 9.17) is 9.47 Å². The van der Waals surface area contributed by atoms with Crippen LogP contribution < -0.4 is 15.0 Å². The minimum atomic E-state index is -0.179. The molecule has 1 N–H and O–H groups in total. The summed E-state index contributed by atoms with van der Waals surface area (Å²) < 4.78 is 10.8. The topological polar surface area (TPSA) is 74.4 Å². The van der Waals surface area contributed by atoms with Crippen LogP contribution in [-0.2, 0) is 20.7 Å². The van der Waals surface area contributed by atoms with Gasteiger partial charge in [0, 0.05) is 51.0 Å². The molecular formula is C23H32N4O4. The molecule has 2 unspecified atom stereocenters. The van der Waals surface area contributed by atoms with E-state index in [1.54, 1.807) is 13.2 Å². The molecule has 1 aromatic rings. The van der Waals surface area contributed by atoms with E-state index >= 15 is 0 Å². The van der Waals surface area contributed by atoms with Crippen LogP contribution in [0.2, 0.25) is 0 Å². The van der Waals surface area contributed by atoms with E-state index in [9.17, 15) is 9.59 Å². The first-order valence-corrected chi connectivity index (χ1v) is 11.0. The zero-order chi connectivity index (χ0) is 21.8. The molecule has 0 aromatic heterocycles. The highest BCUT2D eigenvalue weighted by Gasteiger charge is 2.42. The molecule has 168 valence electrons. The van der Waals surface area contributed by atoms with Crippen molar-refractivity contribution < 1.29 is 19.1 Å². The number of fused-ring (bicyclic) bond motifs is 3. The summed E-state index contributed by atoms with van der Waals surface area (Å²) in [6, 6.07) is 6.09. The van der Waals surface area contributed by atoms with Crippen LogP contribution in [0, 0.1) is 5.92 Å². The first-order valence-electron chi connectivity index (χ1n) is 11.0. The molecule has 2 amide bonds. The van der Waals surface area contributed by atoms with Crippen molar-refractivity contribution in [3.05, 3.63) is 36.4 Å². The van der Waals surface area contributed by atoms with Crippen molar-refractivity contribution in [2.75, 3.05) is 71.0 Å². The zero-order valence-electron chi connectivity index (χ0n) is 18.2. The zero-order valence-corrected chi connectivity index (χ0v) is 18.2. The van der Waals surface area contributed by atoms with Gasteiger partial charge in [-0.3, -0.25) is 14.5 Å². The Labute approximate surface area is 183 Å². The predicted octanol–water partition coefficient (Wildman–Crippen LogP) is 0.519. The highest BCUT2D eigenvalue weighted by Crippen LogP contribution is 2.38. The van der Waals surface area contributed by atoms with Crippen molar-refractivity contribution >= 4 is 17.5 Å². The van der Waals surface area contributed by atoms with Gasteiger partial charge in [0.15, 0.2) is 0 Å². The Hall–Kier alpha value is -2.58. The minimum absolute atomic E-state index is 0.00987. The molecule has 2 saturated heterocycles. The third-order valence-electron chi connectivity index (χ3n) is 6.49. The minimum Gasteiger partial charge on any atom is -0.497 e. The van der Waals surface area contributed by atoms with E-state index in [-0.39, 0.29) is 23.8 Å². The second-order valence-electron chi connectivity index (χ2n) is 8.33. The number of amides is 2. The largest absolute Gasteiger partial charge is 0.497 e. The van der Waals surface area contributed by atoms with Gasteiger partial charge in [-0.05, 0) is 18.1 Å². The van der Waals surface area contributed by atoms with Crippen molar-refractivity contribution in [2.24, 2.45) is 5.92 Å². The first kappa shape index (κ1) is 21.6. The number of benzene rings is 1. The van der Waals surface area contributed by atoms with Crippen LogP contribution in [0.1, 0.15) is 5.56 Å². The molecule has 0 bridgehead atoms. The Balaban J connectivity index is 1.52. The maximum atomic E-state index is 13.0. The number of carbonyl (C=O) groups is 2. The van der Waals surface area contributed by atoms with Crippen LogP contribution in [0.5, 0.6) is 5.75 Å². The number of hydrogen-bond acceptors (Lipinski definition) is 6. The van der Waals surface area contributed by atoms with Gasteiger partial charge in [-0.1, -0.05) is 12.1 Å². The van der Waals surface area contributed by atoms with Crippen LogP contribution in [0.4, 0.5) is 5.69 Å². The summed E-state index contributed by atoms with van der Waals surface area (Å²) in [4.78, 5) is 32.2. The lowest BCUT2D eigenvalue weighted by Crippen LogP contribution is -2.62. The van der Waals surface area contributed by atoms with Crippen LogP contribution in [0.3, 0.4) is 0 Å². The fourth-order valence-electron chi connectivity index (χ4n) is 4.82. The van der Waals surface area contributed by atoms with Gasteiger partial charge in [0.2, 0.25) is 11.8 Å². The highest BCUT2D eigenvalue weighted by atomic mass is 16.5. The van der Waals surface area contributed by atoms with Gasteiger partial charge in [-0.2, -0.15) is 0 Å². The Bertz CT molecular complexity index is 824. The smallest absolute Gasteiger partial charge is 0.236 e. The quantitative estimate of drug-likeness (QED) is 0.666. The lowest BCUT2D eigenvalue weighted by molar-refractivity contribution is -0.136. The molecule has 8 heteroatoms. The van der Waals surface area contributed by atoms with Crippen molar-refractivity contribution in [1.82, 2.24) is 15.1 Å². The van der Waals surface area contributed by atoms with E-state index in [1.165, 1.54) is 0 Å². The molecule has 2 fully saturated rings. The number of anilines is 1. The molecule has 3 aliphatic rings. The van der Waals surface area contributed by atoms with Crippen LogP contribution in [-0.4, -0.2) is 93.8 Å². The molecule has 0 aliphatic carbocycles. The monoisotopic (exact) mass is 428 g/mol. The number of nitrogens with zero attached hydrogens (tertiary/aromatic N) is 3. The number of methoxy groups -OCH3 is 1. The van der Waals surface area contributed by atoms with Crippen molar-refractivity contribution in [3.63, 3.8) is 0 Å². The van der Waals surface area contributed by atoms with Gasteiger partial charge in [-0.25, -0.2) is 0 Å². The summed E-state index contributed by atoms with van der Waals surface area (Å²) in [6.45, 7) is 9.29. The third-order valence-corrected chi connectivity index (χ3v) is 6.49. The maximum absolute atomic E-state index is 13.0. The van der Waals surface area contributed by atoms with Gasteiger partial charge >= 0.3 is 0 Å². The van der Waals surface area contributed by atoms with E-state index in [0.29, 0.717) is 52.4 Å². The Morgan fingerprint density at radius 1 is 1.26 bits per heavy atom. The fourth-order valence-corrected chi connectivity index (χ4v) is 4.82. The Morgan fingerprint density at radius 2 is 2.06 bits per heavy atom. The maximum Gasteiger partial charge on any atom is 0.236 e. The van der Waals surface area contributed by atoms with Crippen molar-refractivity contribution in [1.29, 1.82) is 0 Å². The summed E-state index contributed by atoms with van der Waals surface area (Å²) in [5.74, 6) is 0.819. The molecule has 1 aromatic carbocycles. The molecule has 3 heterocycles. The molecular weight excluding hydrogens is 396 g/mol. The Morgan fingerprint density at radius 3 is 2.81 bits per heavy atom. The summed E-state index contributed by atoms with van der Waals surface area (Å²) in [6.07, 6.45) is 2.38. The number of nitrogens with one attached hydrogen (secondary N) is 1. The average molecular weight is 429 g/mol. The number of morpholine rings is 1. The number of carbonyl (C=O) groups excluding carboxylic acids is 2. The van der Waals surface area contributed by atoms with Crippen LogP contribution in [0.15, 0.2) is 30.9 Å².